The summed E-state index contributed by atoms with van der Waals surface area (Å²) in [5.41, 5.74) is 1.22. The van der Waals surface area contributed by atoms with Gasteiger partial charge in [-0.15, -0.1) is 11.3 Å². The van der Waals surface area contributed by atoms with E-state index >= 15 is 0 Å². The van der Waals surface area contributed by atoms with Crippen LogP contribution in [0.1, 0.15) is 42.8 Å². The number of thiophene rings is 1. The van der Waals surface area contributed by atoms with Crippen LogP contribution in [0.3, 0.4) is 0 Å². The summed E-state index contributed by atoms with van der Waals surface area (Å²) < 4.78 is 34.8. The Morgan fingerprint density at radius 2 is 1.82 bits per heavy atom. The quantitative estimate of drug-likeness (QED) is 0.375. The van der Waals surface area contributed by atoms with Crippen molar-refractivity contribution in [1.82, 2.24) is 9.80 Å². The van der Waals surface area contributed by atoms with E-state index in [1.165, 1.54) is 26.1 Å². The van der Waals surface area contributed by atoms with Gasteiger partial charge in [-0.3, -0.25) is 14.2 Å². The average molecular weight is 485 g/mol. The van der Waals surface area contributed by atoms with Crippen molar-refractivity contribution in [2.45, 2.75) is 44.9 Å². The van der Waals surface area contributed by atoms with E-state index in [0.717, 1.165) is 31.8 Å². The minimum Gasteiger partial charge on any atom is -0.492 e. The normalized spacial score (nSPS) is 22.0. The fourth-order valence-electron chi connectivity index (χ4n) is 5.41. The van der Waals surface area contributed by atoms with E-state index in [1.54, 1.807) is 13.8 Å². The van der Waals surface area contributed by atoms with Gasteiger partial charge in [-0.25, -0.2) is 4.39 Å². The Hall–Kier alpha value is -2.02. The number of nitrogens with zero attached hydrogens (tertiary/aromatic N) is 2. The van der Waals surface area contributed by atoms with Crippen molar-refractivity contribution in [1.29, 1.82) is 0 Å². The average Bonchev–Trinajstić information content (AvgIpc) is 3.13. The molecular weight excluding hydrogens is 450 g/mol. The fourth-order valence-corrected chi connectivity index (χ4v) is 6.76. The van der Waals surface area contributed by atoms with Crippen LogP contribution in [0.5, 0.6) is 5.75 Å². The van der Waals surface area contributed by atoms with Gasteiger partial charge in [-0.2, -0.15) is 0 Å². The van der Waals surface area contributed by atoms with Crippen LogP contribution in [-0.2, 0) is 6.42 Å². The Balaban J connectivity index is 1.39. The highest BCUT2D eigenvalue weighted by atomic mass is 32.1. The summed E-state index contributed by atoms with van der Waals surface area (Å²) in [5.74, 6) is 1.04. The maximum Gasteiger partial charge on any atom is 0.119 e. The molecule has 0 N–H and O–H groups in total. The molecule has 2 aromatic carbocycles. The van der Waals surface area contributed by atoms with Crippen molar-refractivity contribution in [2.75, 3.05) is 39.5 Å². The number of rotatable bonds is 8. The van der Waals surface area contributed by atoms with Crippen molar-refractivity contribution in [3.63, 3.8) is 0 Å². The van der Waals surface area contributed by atoms with E-state index in [2.05, 4.69) is 53.1 Å². The van der Waals surface area contributed by atoms with Gasteiger partial charge in [0.1, 0.15) is 18.0 Å². The summed E-state index contributed by atoms with van der Waals surface area (Å²) >= 11 is 1.87. The molecule has 2 aliphatic heterocycles. The van der Waals surface area contributed by atoms with Gasteiger partial charge < -0.3 is 4.74 Å². The molecule has 0 unspecified atom stereocenters. The van der Waals surface area contributed by atoms with Gasteiger partial charge in [-0.1, -0.05) is 30.3 Å². The molecule has 6 heteroatoms. The number of hydrogen-bond acceptors (Lipinski definition) is 4. The fraction of sp³-hybridized carbons (Fsp3) is 0.500. The summed E-state index contributed by atoms with van der Waals surface area (Å²) in [6.45, 7) is 8.79. The number of halogens is 2. The molecule has 182 valence electrons. The molecule has 0 aliphatic carbocycles. The first-order valence-corrected chi connectivity index (χ1v) is 13.1. The second kappa shape index (κ2) is 9.56. The van der Waals surface area contributed by atoms with Crippen LogP contribution in [-0.4, -0.2) is 61.0 Å². The van der Waals surface area contributed by atoms with Gasteiger partial charge in [0.2, 0.25) is 0 Å². The van der Waals surface area contributed by atoms with Gasteiger partial charge in [0.15, 0.2) is 0 Å². The molecule has 1 aromatic heterocycles. The minimum absolute atomic E-state index is 0.0118. The second-order valence-electron chi connectivity index (χ2n) is 10.5. The van der Waals surface area contributed by atoms with E-state index in [0.29, 0.717) is 13.2 Å². The largest absolute Gasteiger partial charge is 0.492 e. The molecule has 5 rings (SSSR count). The van der Waals surface area contributed by atoms with Crippen LogP contribution < -0.4 is 4.74 Å². The zero-order valence-corrected chi connectivity index (χ0v) is 21.1. The lowest BCUT2D eigenvalue weighted by Gasteiger charge is -2.43. The van der Waals surface area contributed by atoms with Gasteiger partial charge >= 0.3 is 0 Å². The predicted molar refractivity (Wildman–Crippen MR) is 137 cm³/mol. The number of ether oxygens (including phenoxy) is 1. The van der Waals surface area contributed by atoms with Crippen molar-refractivity contribution < 1.29 is 13.5 Å². The second-order valence-corrected chi connectivity index (χ2v) is 11.6. The van der Waals surface area contributed by atoms with E-state index in [9.17, 15) is 8.78 Å². The summed E-state index contributed by atoms with van der Waals surface area (Å²) in [6.07, 6.45) is 0.947. The monoisotopic (exact) mass is 484 g/mol. The molecule has 1 fully saturated rings. The topological polar surface area (TPSA) is 15.7 Å². The standard InChI is InChI=1S/C28H34F2N2OS/c1-19-14-25-26(23-6-4-5-7-24(23)34-25)27(32(19)18-28(2,3)30)21-8-10-22(11-9-21)33-13-12-31-16-20(15-29)17-31/h4-11,19-20,27H,12-18H2,1-3H3/t19-,27-/m0/s1. The van der Waals surface area contributed by atoms with E-state index < -0.39 is 5.67 Å². The zero-order valence-electron chi connectivity index (χ0n) is 20.3. The molecule has 0 amide bonds. The predicted octanol–water partition coefficient (Wildman–Crippen LogP) is 6.27. The minimum atomic E-state index is -1.28. The molecule has 1 saturated heterocycles. The maximum atomic E-state index is 14.9. The van der Waals surface area contributed by atoms with Crippen LogP contribution in [0.2, 0.25) is 0 Å². The molecule has 0 spiro atoms. The molecule has 34 heavy (non-hydrogen) atoms. The summed E-state index contributed by atoms with van der Waals surface area (Å²) in [5, 5.41) is 1.28. The number of benzene rings is 2. The van der Waals surface area contributed by atoms with Gasteiger partial charge in [0.05, 0.1) is 12.7 Å². The summed E-state index contributed by atoms with van der Waals surface area (Å²) in [4.78, 5) is 5.97. The lowest BCUT2D eigenvalue weighted by molar-refractivity contribution is 0.0666. The van der Waals surface area contributed by atoms with Crippen LogP contribution in [0.4, 0.5) is 8.78 Å². The molecule has 0 saturated carbocycles. The molecule has 3 aromatic rings. The highest BCUT2D eigenvalue weighted by Crippen LogP contribution is 2.46. The first-order chi connectivity index (χ1) is 16.3. The highest BCUT2D eigenvalue weighted by Gasteiger charge is 2.38. The van der Waals surface area contributed by atoms with E-state index in [-0.39, 0.29) is 24.7 Å². The Morgan fingerprint density at radius 1 is 1.09 bits per heavy atom. The summed E-state index contributed by atoms with van der Waals surface area (Å²) in [6, 6.07) is 17.2. The van der Waals surface area contributed by atoms with Gasteiger partial charge in [0, 0.05) is 47.7 Å². The lowest BCUT2D eigenvalue weighted by Crippen LogP contribution is -2.49. The Kier molecular flexibility index (Phi) is 6.66. The highest BCUT2D eigenvalue weighted by molar-refractivity contribution is 7.19. The van der Waals surface area contributed by atoms with Crippen molar-refractivity contribution in [3.05, 3.63) is 64.5 Å². The van der Waals surface area contributed by atoms with E-state index in [4.69, 9.17) is 4.74 Å². The zero-order chi connectivity index (χ0) is 23.9. The third-order valence-electron chi connectivity index (χ3n) is 7.04. The maximum absolute atomic E-state index is 14.9. The number of fused-ring (bicyclic) bond motifs is 3. The number of alkyl halides is 2. The van der Waals surface area contributed by atoms with Crippen molar-refractivity contribution in [3.8, 4) is 5.75 Å². The van der Waals surface area contributed by atoms with Crippen LogP contribution in [0.15, 0.2) is 48.5 Å². The number of hydrogen-bond donors (Lipinski definition) is 0. The van der Waals surface area contributed by atoms with Gasteiger partial charge in [0.25, 0.3) is 0 Å². The van der Waals surface area contributed by atoms with Crippen LogP contribution in [0, 0.1) is 5.92 Å². The third-order valence-corrected chi connectivity index (χ3v) is 8.25. The molecule has 0 radical (unpaired) electrons. The lowest BCUT2D eigenvalue weighted by atomic mass is 9.87. The Bertz CT molecular complexity index is 1120. The third kappa shape index (κ3) is 4.86. The van der Waals surface area contributed by atoms with E-state index in [1.807, 2.05) is 23.5 Å². The molecule has 0 bridgehead atoms. The molecule has 3 nitrogen and oxygen atoms in total. The van der Waals surface area contributed by atoms with Crippen molar-refractivity contribution >= 4 is 21.4 Å². The first-order valence-electron chi connectivity index (χ1n) is 12.3. The Labute approximate surface area is 205 Å². The molecule has 3 heterocycles. The van der Waals surface area contributed by atoms with Gasteiger partial charge in [-0.05, 0) is 61.9 Å². The van der Waals surface area contributed by atoms with Crippen molar-refractivity contribution in [2.24, 2.45) is 5.92 Å². The van der Waals surface area contributed by atoms with Crippen LogP contribution in [0.25, 0.3) is 10.1 Å². The molecular formula is C28H34F2N2OS. The SMILES string of the molecule is C[C@H]1Cc2sc3ccccc3c2[C@H](c2ccc(OCCN3CC(CF)C3)cc2)N1CC(C)(C)F. The number of likely N-dealkylation sites (tertiary alicyclic amines) is 1. The summed E-state index contributed by atoms with van der Waals surface area (Å²) in [7, 11) is 0. The first kappa shape index (κ1) is 23.7. The van der Waals surface area contributed by atoms with Crippen LogP contribution >= 0.6 is 11.3 Å². The smallest absolute Gasteiger partial charge is 0.119 e. The Morgan fingerprint density at radius 3 is 2.53 bits per heavy atom. The molecule has 2 atom stereocenters. The molecule has 2 aliphatic rings.